The molecule has 0 aliphatic heterocycles. The van der Waals surface area contributed by atoms with E-state index in [0.717, 1.165) is 33.2 Å². The van der Waals surface area contributed by atoms with Crippen molar-refractivity contribution in [1.29, 1.82) is 0 Å². The minimum Gasteiger partial charge on any atom is -0.308 e. The third-order valence-electron chi connectivity index (χ3n) is 11.9. The van der Waals surface area contributed by atoms with E-state index in [1.54, 1.807) is 0 Å². The van der Waals surface area contributed by atoms with Crippen LogP contribution in [0.1, 0.15) is 0 Å². The van der Waals surface area contributed by atoms with Crippen molar-refractivity contribution in [2.75, 3.05) is 0 Å². The van der Waals surface area contributed by atoms with Gasteiger partial charge in [-0.2, -0.15) is 0 Å². The molecule has 0 saturated heterocycles. The average molecular weight is 697 g/mol. The van der Waals surface area contributed by atoms with Gasteiger partial charge in [-0.1, -0.05) is 152 Å². The fourth-order valence-corrected chi connectivity index (χ4v) is 9.51. The maximum absolute atomic E-state index is 5.27. The summed E-state index contributed by atoms with van der Waals surface area (Å²) < 4.78 is 2.50. The zero-order valence-corrected chi connectivity index (χ0v) is 29.5. The quantitative estimate of drug-likeness (QED) is 0.172. The first kappa shape index (κ1) is 29.1. The second kappa shape index (κ2) is 10.6. The number of hydrogen-bond donors (Lipinski definition) is 0. The van der Waals surface area contributed by atoms with Crippen molar-refractivity contribution in [2.45, 2.75) is 0 Å². The predicted molar refractivity (Wildman–Crippen MR) is 229 cm³/mol. The first-order chi connectivity index (χ1) is 27.3. The highest BCUT2D eigenvalue weighted by Crippen LogP contribution is 2.51. The van der Waals surface area contributed by atoms with Crippen molar-refractivity contribution in [3.05, 3.63) is 170 Å². The summed E-state index contributed by atoms with van der Waals surface area (Å²) in [6, 6.07) is 61.2. The van der Waals surface area contributed by atoms with Crippen LogP contribution in [0.2, 0.25) is 0 Å². The van der Waals surface area contributed by atoms with E-state index in [4.69, 9.17) is 15.0 Å². The van der Waals surface area contributed by atoms with Crippen molar-refractivity contribution in [2.24, 2.45) is 0 Å². The van der Waals surface area contributed by atoms with Crippen LogP contribution in [0.25, 0.3) is 126 Å². The first-order valence-electron chi connectivity index (χ1n) is 18.8. The Morgan fingerprint density at radius 2 is 0.673 bits per heavy atom. The monoisotopic (exact) mass is 696 g/mol. The zero-order chi connectivity index (χ0) is 35.8. The molecule has 2 aromatic heterocycles. The van der Waals surface area contributed by atoms with E-state index < -0.39 is 0 Å². The first-order valence-corrected chi connectivity index (χ1v) is 18.8. The molecule has 4 nitrogen and oxygen atoms in total. The number of fused-ring (bicyclic) bond motifs is 1. The van der Waals surface area contributed by atoms with E-state index in [2.05, 4.69) is 138 Å². The second-order valence-corrected chi connectivity index (χ2v) is 14.7. The van der Waals surface area contributed by atoms with Crippen LogP contribution in [0.4, 0.5) is 0 Å². The molecule has 0 spiro atoms. The second-order valence-electron chi connectivity index (χ2n) is 14.7. The van der Waals surface area contributed by atoms with Gasteiger partial charge < -0.3 is 4.57 Å². The van der Waals surface area contributed by atoms with Crippen LogP contribution >= 0.6 is 0 Å². The highest BCUT2D eigenvalue weighted by Gasteiger charge is 2.26. The van der Waals surface area contributed by atoms with Gasteiger partial charge in [0, 0.05) is 43.6 Å². The van der Waals surface area contributed by atoms with Crippen LogP contribution in [-0.2, 0) is 0 Å². The molecule has 13 aromatic rings. The van der Waals surface area contributed by atoms with Crippen LogP contribution in [0.15, 0.2) is 170 Å². The Bertz CT molecular complexity index is 3440. The van der Waals surface area contributed by atoms with Crippen molar-refractivity contribution in [1.82, 2.24) is 19.5 Å². The van der Waals surface area contributed by atoms with Gasteiger partial charge in [0.25, 0.3) is 0 Å². The Kier molecular flexibility index (Phi) is 5.60. The highest BCUT2D eigenvalue weighted by atomic mass is 15.1. The van der Waals surface area contributed by atoms with Gasteiger partial charge in [0.05, 0.1) is 16.7 Å². The summed E-state index contributed by atoms with van der Waals surface area (Å²) >= 11 is 0. The molecule has 0 amide bonds. The summed E-state index contributed by atoms with van der Waals surface area (Å²) in [6.45, 7) is 0. The van der Waals surface area contributed by atoms with Crippen LogP contribution in [0.5, 0.6) is 0 Å². The molecule has 2 heterocycles. The average Bonchev–Trinajstić information content (AvgIpc) is 3.52. The van der Waals surface area contributed by atoms with E-state index >= 15 is 0 Å². The number of aromatic nitrogens is 4. The summed E-state index contributed by atoms with van der Waals surface area (Å²) in [6.07, 6.45) is 0. The Balaban J connectivity index is 1.24. The summed E-state index contributed by atoms with van der Waals surface area (Å²) in [4.78, 5) is 15.6. The molecule has 0 saturated carbocycles. The summed E-state index contributed by atoms with van der Waals surface area (Å²) in [5.41, 5.74) is 6.25. The van der Waals surface area contributed by atoms with Gasteiger partial charge in [0.1, 0.15) is 0 Å². The van der Waals surface area contributed by atoms with Crippen molar-refractivity contribution >= 4 is 86.4 Å². The van der Waals surface area contributed by atoms with E-state index in [-0.39, 0.29) is 0 Å². The maximum Gasteiger partial charge on any atom is 0.166 e. The molecular weight excluding hydrogens is 669 g/mol. The molecular formula is C51H28N4. The molecule has 0 unspecified atom stereocenters. The third kappa shape index (κ3) is 3.87. The van der Waals surface area contributed by atoms with Gasteiger partial charge in [-0.15, -0.1) is 0 Å². The Morgan fingerprint density at radius 3 is 1.16 bits per heavy atom. The van der Waals surface area contributed by atoms with Gasteiger partial charge in [-0.05, 0) is 66.7 Å². The fraction of sp³-hybridized carbons (Fsp3) is 0. The molecule has 11 aromatic carbocycles. The molecule has 0 aliphatic carbocycles. The van der Waals surface area contributed by atoms with Crippen LogP contribution in [-0.4, -0.2) is 19.5 Å². The zero-order valence-electron chi connectivity index (χ0n) is 29.5. The van der Waals surface area contributed by atoms with E-state index in [9.17, 15) is 0 Å². The van der Waals surface area contributed by atoms with Crippen LogP contribution in [0.3, 0.4) is 0 Å². The SMILES string of the molecule is c1ccc(-c2nc(-c3ccccc3)nc(-c3ccc4ccccc4c3-n3c4ccc5ccc6ccc7ccc8ccc9ccc3c3c9c8c7c6c5c34)n2)cc1. The van der Waals surface area contributed by atoms with Gasteiger partial charge in [-0.25, -0.2) is 15.0 Å². The number of nitrogens with zero attached hydrogens (tertiary/aromatic N) is 4. The number of benzene rings is 10. The molecule has 55 heavy (non-hydrogen) atoms. The topological polar surface area (TPSA) is 43.6 Å². The molecule has 0 aliphatic rings. The lowest BCUT2D eigenvalue weighted by atomic mass is 9.92. The van der Waals surface area contributed by atoms with E-state index in [1.807, 2.05) is 36.4 Å². The van der Waals surface area contributed by atoms with Gasteiger partial charge in [0.2, 0.25) is 0 Å². The third-order valence-corrected chi connectivity index (χ3v) is 11.9. The summed E-state index contributed by atoms with van der Waals surface area (Å²) in [7, 11) is 0. The minimum atomic E-state index is 0.636. The molecule has 0 radical (unpaired) electrons. The van der Waals surface area contributed by atoms with Crippen molar-refractivity contribution < 1.29 is 0 Å². The molecule has 0 bridgehead atoms. The molecule has 0 atom stereocenters. The summed E-state index contributed by atoms with van der Waals surface area (Å²) in [5.74, 6) is 1.93. The Labute approximate surface area is 314 Å². The van der Waals surface area contributed by atoms with Gasteiger partial charge >= 0.3 is 0 Å². The predicted octanol–water partition coefficient (Wildman–Crippen LogP) is 13.2. The van der Waals surface area contributed by atoms with Crippen LogP contribution in [0, 0.1) is 0 Å². The lowest BCUT2D eigenvalue weighted by Crippen LogP contribution is -2.04. The number of rotatable bonds is 4. The fourth-order valence-electron chi connectivity index (χ4n) is 9.51. The normalized spacial score (nSPS) is 12.4. The van der Waals surface area contributed by atoms with Crippen molar-refractivity contribution in [3.8, 4) is 39.9 Å². The largest absolute Gasteiger partial charge is 0.308 e. The molecule has 13 rings (SSSR count). The molecule has 0 fully saturated rings. The van der Waals surface area contributed by atoms with Crippen molar-refractivity contribution in [3.63, 3.8) is 0 Å². The molecule has 4 heteroatoms. The molecule has 0 N–H and O–H groups in total. The van der Waals surface area contributed by atoms with Gasteiger partial charge in [-0.3, -0.25) is 0 Å². The highest BCUT2D eigenvalue weighted by molar-refractivity contribution is 6.45. The minimum absolute atomic E-state index is 0.636. The molecule has 252 valence electrons. The standard InChI is InChI=1S/C51H28N4/c1-3-10-35(11-4-1)49-52-50(36-12-5-2-6-13-36)54-51(53-49)38-26-23-29-9-7-8-14-37(29)48(38)55-39-27-24-33-21-19-31-17-15-30-16-18-32-20-22-34-25-28-40(55)47-45(34)43(32)41(30)42(31)44(33)46(39)47/h1-28H. The smallest absolute Gasteiger partial charge is 0.166 e. The van der Waals surface area contributed by atoms with E-state index in [0.29, 0.717) is 17.5 Å². The lowest BCUT2D eigenvalue weighted by Gasteiger charge is -2.18. The Morgan fingerprint density at radius 1 is 0.291 bits per heavy atom. The summed E-state index contributed by atoms with van der Waals surface area (Å²) in [5, 5.41) is 17.9. The lowest BCUT2D eigenvalue weighted by molar-refractivity contribution is 1.07. The van der Waals surface area contributed by atoms with E-state index in [1.165, 1.54) is 75.7 Å². The van der Waals surface area contributed by atoms with Gasteiger partial charge in [0.15, 0.2) is 17.5 Å². The number of hydrogen-bond acceptors (Lipinski definition) is 3. The maximum atomic E-state index is 5.27. The van der Waals surface area contributed by atoms with Crippen LogP contribution < -0.4 is 0 Å². The Hall–Kier alpha value is -7.43.